The van der Waals surface area contributed by atoms with E-state index in [0.717, 1.165) is 18.2 Å². The molecule has 0 aliphatic heterocycles. The molecule has 1 aliphatic carbocycles. The lowest BCUT2D eigenvalue weighted by Gasteiger charge is -2.27. The second-order valence-electron chi connectivity index (χ2n) is 5.12. The highest BCUT2D eigenvalue weighted by Gasteiger charge is 2.37. The first-order chi connectivity index (χ1) is 9.78. The Balaban J connectivity index is 2.02. The highest BCUT2D eigenvalue weighted by molar-refractivity contribution is 5.94. The third kappa shape index (κ3) is 3.74. The highest BCUT2D eigenvalue weighted by Crippen LogP contribution is 2.36. The fourth-order valence-electron chi connectivity index (χ4n) is 2.29. The van der Waals surface area contributed by atoms with E-state index < -0.39 is 29.5 Å². The van der Waals surface area contributed by atoms with Gasteiger partial charge in [0.25, 0.3) is 0 Å². The van der Waals surface area contributed by atoms with Crippen LogP contribution >= 0.6 is 0 Å². The predicted molar refractivity (Wildman–Crippen MR) is 68.9 cm³/mol. The fourth-order valence-corrected chi connectivity index (χ4v) is 2.29. The number of anilines is 1. The van der Waals surface area contributed by atoms with Crippen LogP contribution in [0.5, 0.6) is 0 Å². The van der Waals surface area contributed by atoms with Gasteiger partial charge >= 0.3 is 5.97 Å². The maximum atomic E-state index is 13.7. The average molecular weight is 301 g/mol. The molecule has 0 unspecified atom stereocenters. The number of carbonyl (C=O) groups is 2. The van der Waals surface area contributed by atoms with Gasteiger partial charge < -0.3 is 10.4 Å². The number of carbonyl (C=O) groups excluding carboxylic acids is 1. The maximum absolute atomic E-state index is 13.7. The number of aromatic carboxylic acids is 1. The molecule has 1 saturated carbocycles. The smallest absolute Gasteiger partial charge is 0.335 e. The largest absolute Gasteiger partial charge is 0.478 e. The Morgan fingerprint density at radius 3 is 2.38 bits per heavy atom. The summed E-state index contributed by atoms with van der Waals surface area (Å²) in [5, 5.41) is 11.0. The van der Waals surface area contributed by atoms with Gasteiger partial charge in [-0.3, -0.25) is 4.79 Å². The van der Waals surface area contributed by atoms with Crippen molar-refractivity contribution >= 4 is 17.6 Å². The van der Waals surface area contributed by atoms with Crippen molar-refractivity contribution in [2.75, 3.05) is 5.32 Å². The number of amides is 1. The second kappa shape index (κ2) is 5.75. The molecule has 114 valence electrons. The van der Waals surface area contributed by atoms with E-state index in [4.69, 9.17) is 5.11 Å². The van der Waals surface area contributed by atoms with Gasteiger partial charge in [0.05, 0.1) is 11.3 Å². The summed E-state index contributed by atoms with van der Waals surface area (Å²) in [4.78, 5) is 22.6. The summed E-state index contributed by atoms with van der Waals surface area (Å²) in [7, 11) is 0. The SMILES string of the molecule is O=C(O)c1ccc(NC(=O)C2CCC(F)(F)CC2)c(F)c1. The molecule has 1 amide bonds. The first kappa shape index (κ1) is 15.3. The zero-order valence-electron chi connectivity index (χ0n) is 11.0. The van der Waals surface area contributed by atoms with E-state index in [1.807, 2.05) is 0 Å². The van der Waals surface area contributed by atoms with Crippen molar-refractivity contribution in [3.8, 4) is 0 Å². The molecule has 2 rings (SSSR count). The topological polar surface area (TPSA) is 66.4 Å². The minimum atomic E-state index is -2.73. The van der Waals surface area contributed by atoms with E-state index in [0.29, 0.717) is 0 Å². The van der Waals surface area contributed by atoms with Crippen molar-refractivity contribution in [1.82, 2.24) is 0 Å². The quantitative estimate of drug-likeness (QED) is 0.900. The number of alkyl halides is 2. The van der Waals surface area contributed by atoms with Gasteiger partial charge in [-0.05, 0) is 31.0 Å². The summed E-state index contributed by atoms with van der Waals surface area (Å²) in [6, 6.07) is 3.11. The molecule has 0 aromatic heterocycles. The Bertz CT molecular complexity index is 565. The Hall–Kier alpha value is -2.05. The van der Waals surface area contributed by atoms with Crippen molar-refractivity contribution in [3.05, 3.63) is 29.6 Å². The third-order valence-corrected chi connectivity index (χ3v) is 3.56. The van der Waals surface area contributed by atoms with Gasteiger partial charge in [0.1, 0.15) is 5.82 Å². The third-order valence-electron chi connectivity index (χ3n) is 3.56. The van der Waals surface area contributed by atoms with Gasteiger partial charge in [-0.2, -0.15) is 0 Å². The molecule has 0 bridgehead atoms. The van der Waals surface area contributed by atoms with Gasteiger partial charge in [-0.25, -0.2) is 18.0 Å². The molecular weight excluding hydrogens is 287 g/mol. The van der Waals surface area contributed by atoms with E-state index in [-0.39, 0.29) is 36.9 Å². The number of carboxylic acid groups (broad SMARTS) is 1. The molecule has 0 radical (unpaired) electrons. The highest BCUT2D eigenvalue weighted by atomic mass is 19.3. The Labute approximate surface area is 119 Å². The van der Waals surface area contributed by atoms with Crippen LogP contribution in [-0.2, 0) is 4.79 Å². The minimum absolute atomic E-state index is 0.0493. The van der Waals surface area contributed by atoms with Crippen molar-refractivity contribution in [2.24, 2.45) is 5.92 Å². The van der Waals surface area contributed by atoms with E-state index in [1.54, 1.807) is 0 Å². The Kier molecular flexibility index (Phi) is 4.20. The van der Waals surface area contributed by atoms with Crippen LogP contribution in [0.25, 0.3) is 0 Å². The standard InChI is InChI=1S/C14H14F3NO3/c15-10-7-9(13(20)21)1-2-11(10)18-12(19)8-3-5-14(16,17)6-4-8/h1-2,7-8H,3-6H2,(H,18,19)(H,20,21). The number of nitrogens with one attached hydrogen (secondary N) is 1. The molecule has 1 aromatic rings. The number of rotatable bonds is 3. The molecule has 4 nitrogen and oxygen atoms in total. The molecule has 0 saturated heterocycles. The first-order valence-electron chi connectivity index (χ1n) is 6.50. The maximum Gasteiger partial charge on any atom is 0.335 e. The number of hydrogen-bond acceptors (Lipinski definition) is 2. The molecular formula is C14H14F3NO3. The zero-order valence-corrected chi connectivity index (χ0v) is 11.0. The van der Waals surface area contributed by atoms with Gasteiger partial charge in [0, 0.05) is 18.8 Å². The summed E-state index contributed by atoms with van der Waals surface area (Å²) in [6.07, 6.45) is -0.613. The van der Waals surface area contributed by atoms with Gasteiger partial charge in [-0.15, -0.1) is 0 Å². The summed E-state index contributed by atoms with van der Waals surface area (Å²) in [6.45, 7) is 0. The lowest BCUT2D eigenvalue weighted by molar-refractivity contribution is -0.124. The molecule has 21 heavy (non-hydrogen) atoms. The summed E-state index contributed by atoms with van der Waals surface area (Å²) >= 11 is 0. The molecule has 7 heteroatoms. The van der Waals surface area contributed by atoms with E-state index in [2.05, 4.69) is 5.32 Å². The first-order valence-corrected chi connectivity index (χ1v) is 6.50. The van der Waals surface area contributed by atoms with Crippen LogP contribution < -0.4 is 5.32 Å². The summed E-state index contributed by atoms with van der Waals surface area (Å²) in [5.74, 6) is -5.98. The van der Waals surface area contributed by atoms with Crippen LogP contribution in [0.4, 0.5) is 18.9 Å². The molecule has 1 aromatic carbocycles. The van der Waals surface area contributed by atoms with Crippen LogP contribution in [0.1, 0.15) is 36.0 Å². The Morgan fingerprint density at radius 1 is 1.24 bits per heavy atom. The van der Waals surface area contributed by atoms with Crippen molar-refractivity contribution in [1.29, 1.82) is 0 Å². The normalized spacial score (nSPS) is 18.2. The van der Waals surface area contributed by atoms with Crippen molar-refractivity contribution < 1.29 is 27.9 Å². The number of halogens is 3. The monoisotopic (exact) mass is 301 g/mol. The lowest BCUT2D eigenvalue weighted by atomic mass is 9.86. The zero-order chi connectivity index (χ0) is 15.6. The van der Waals surface area contributed by atoms with Crippen LogP contribution in [-0.4, -0.2) is 22.9 Å². The Morgan fingerprint density at radius 2 is 1.86 bits per heavy atom. The van der Waals surface area contributed by atoms with Gasteiger partial charge in [0.15, 0.2) is 0 Å². The molecule has 0 heterocycles. The van der Waals surface area contributed by atoms with Crippen molar-refractivity contribution in [3.63, 3.8) is 0 Å². The summed E-state index contributed by atoms with van der Waals surface area (Å²) in [5.41, 5.74) is -0.384. The predicted octanol–water partition coefficient (Wildman–Crippen LogP) is 3.29. The van der Waals surface area contributed by atoms with Crippen molar-refractivity contribution in [2.45, 2.75) is 31.6 Å². The molecule has 1 fully saturated rings. The van der Waals surface area contributed by atoms with Gasteiger partial charge in [0.2, 0.25) is 11.8 Å². The van der Waals surface area contributed by atoms with E-state index in [9.17, 15) is 22.8 Å². The number of carboxylic acids is 1. The van der Waals surface area contributed by atoms with E-state index >= 15 is 0 Å². The minimum Gasteiger partial charge on any atom is -0.478 e. The van der Waals surface area contributed by atoms with Crippen LogP contribution in [0.3, 0.4) is 0 Å². The van der Waals surface area contributed by atoms with Crippen LogP contribution in [0.15, 0.2) is 18.2 Å². The average Bonchev–Trinajstić information content (AvgIpc) is 2.40. The van der Waals surface area contributed by atoms with Crippen LogP contribution in [0, 0.1) is 11.7 Å². The number of hydrogen-bond donors (Lipinski definition) is 2. The summed E-state index contributed by atoms with van der Waals surface area (Å²) < 4.78 is 39.7. The second-order valence-corrected chi connectivity index (χ2v) is 5.12. The molecule has 0 atom stereocenters. The lowest BCUT2D eigenvalue weighted by Crippen LogP contribution is -2.32. The molecule has 1 aliphatic rings. The van der Waals surface area contributed by atoms with E-state index in [1.165, 1.54) is 0 Å². The number of benzene rings is 1. The van der Waals surface area contributed by atoms with Gasteiger partial charge in [-0.1, -0.05) is 0 Å². The molecule has 0 spiro atoms. The van der Waals surface area contributed by atoms with Crippen LogP contribution in [0.2, 0.25) is 0 Å². The molecule has 2 N–H and O–H groups in total. The fraction of sp³-hybridized carbons (Fsp3) is 0.429.